The summed E-state index contributed by atoms with van der Waals surface area (Å²) in [7, 11) is 3.24. The van der Waals surface area contributed by atoms with E-state index in [1.807, 2.05) is 72.8 Å². The van der Waals surface area contributed by atoms with Crippen molar-refractivity contribution in [1.82, 2.24) is 5.32 Å². The zero-order valence-corrected chi connectivity index (χ0v) is 19.5. The maximum Gasteiger partial charge on any atom is 0.160 e. The maximum atomic E-state index is 10.3. The Morgan fingerprint density at radius 2 is 1.68 bits per heavy atom. The first kappa shape index (κ1) is 24.8. The van der Waals surface area contributed by atoms with Gasteiger partial charge in [0.05, 0.1) is 20.3 Å². The number of rotatable bonds is 12. The van der Waals surface area contributed by atoms with Gasteiger partial charge in [-0.2, -0.15) is 5.26 Å². The highest BCUT2D eigenvalue weighted by molar-refractivity contribution is 5.81. The van der Waals surface area contributed by atoms with E-state index < -0.39 is 6.10 Å². The number of hydrogen-bond donors (Lipinski definition) is 2. The third-order valence-corrected chi connectivity index (χ3v) is 5.32. The molecule has 0 spiro atoms. The molecule has 0 aliphatic carbocycles. The highest BCUT2D eigenvalue weighted by atomic mass is 16.5. The predicted molar refractivity (Wildman–Crippen MR) is 133 cm³/mol. The number of nitrogens with one attached hydrogen (secondary N) is 1. The summed E-state index contributed by atoms with van der Waals surface area (Å²) in [5.74, 6) is 2.08. The van der Waals surface area contributed by atoms with Crippen LogP contribution in [0, 0.1) is 11.3 Å². The molecule has 0 fully saturated rings. The van der Waals surface area contributed by atoms with Gasteiger partial charge in [-0.15, -0.1) is 0 Å². The molecule has 0 aliphatic rings. The number of benzene rings is 3. The fraction of sp³-hybridized carbons (Fsp3) is 0.250. The van der Waals surface area contributed by atoms with Gasteiger partial charge in [0.15, 0.2) is 11.5 Å². The van der Waals surface area contributed by atoms with Crippen molar-refractivity contribution in [1.29, 1.82) is 5.26 Å². The van der Waals surface area contributed by atoms with E-state index in [0.717, 1.165) is 28.7 Å². The molecule has 0 heterocycles. The lowest BCUT2D eigenvalue weighted by atomic mass is 9.98. The minimum absolute atomic E-state index is 0.183. The van der Waals surface area contributed by atoms with Crippen molar-refractivity contribution in [3.8, 4) is 23.3 Å². The summed E-state index contributed by atoms with van der Waals surface area (Å²) in [6.07, 6.45) is 1.71. The third-order valence-electron chi connectivity index (χ3n) is 5.32. The lowest BCUT2D eigenvalue weighted by Crippen LogP contribution is -2.32. The average Bonchev–Trinajstić information content (AvgIpc) is 2.89. The van der Waals surface area contributed by atoms with Gasteiger partial charge in [0.2, 0.25) is 0 Å². The SMILES string of the molecule is COc1ccc(CCNCC(O)COc2ccc(C(=CC#N)c3ccccc3)cc2)cc1OC. The highest BCUT2D eigenvalue weighted by Gasteiger charge is 2.08. The van der Waals surface area contributed by atoms with E-state index in [1.54, 1.807) is 20.3 Å². The summed E-state index contributed by atoms with van der Waals surface area (Å²) >= 11 is 0. The second kappa shape index (κ2) is 13.0. The van der Waals surface area contributed by atoms with Gasteiger partial charge in [0.1, 0.15) is 18.5 Å². The minimum atomic E-state index is -0.636. The molecule has 0 radical (unpaired) electrons. The molecular weight excluding hydrogens is 428 g/mol. The maximum absolute atomic E-state index is 10.3. The Hall–Kier alpha value is -3.79. The molecule has 176 valence electrons. The van der Waals surface area contributed by atoms with Crippen molar-refractivity contribution in [3.05, 3.63) is 95.6 Å². The molecule has 0 amide bonds. The number of nitriles is 1. The summed E-state index contributed by atoms with van der Waals surface area (Å²) < 4.78 is 16.3. The molecule has 3 rings (SSSR count). The van der Waals surface area contributed by atoms with Crippen molar-refractivity contribution in [3.63, 3.8) is 0 Å². The Labute approximate surface area is 201 Å². The van der Waals surface area contributed by atoms with E-state index in [4.69, 9.17) is 19.5 Å². The molecule has 3 aromatic carbocycles. The van der Waals surface area contributed by atoms with E-state index in [2.05, 4.69) is 11.4 Å². The van der Waals surface area contributed by atoms with E-state index >= 15 is 0 Å². The van der Waals surface area contributed by atoms with Crippen molar-refractivity contribution in [2.45, 2.75) is 12.5 Å². The van der Waals surface area contributed by atoms with E-state index in [-0.39, 0.29) is 6.61 Å². The summed E-state index contributed by atoms with van der Waals surface area (Å²) in [5, 5.41) is 22.7. The molecule has 1 atom stereocenters. The zero-order chi connectivity index (χ0) is 24.2. The van der Waals surface area contributed by atoms with Gasteiger partial charge in [-0.25, -0.2) is 0 Å². The van der Waals surface area contributed by atoms with E-state index in [9.17, 15) is 5.11 Å². The normalized spacial score (nSPS) is 12.0. The van der Waals surface area contributed by atoms with Crippen LogP contribution in [-0.4, -0.2) is 45.1 Å². The molecule has 6 nitrogen and oxygen atoms in total. The standard InChI is InChI=1S/C28H30N2O4/c1-32-27-13-8-21(18-28(27)33-2)15-17-30-19-24(31)20-34-25-11-9-23(10-12-25)26(14-16-29)22-6-4-3-5-7-22/h3-14,18,24,30-31H,15,17,19-20H2,1-2H3. The van der Waals surface area contributed by atoms with Crippen LogP contribution in [0.3, 0.4) is 0 Å². The van der Waals surface area contributed by atoms with Gasteiger partial charge >= 0.3 is 0 Å². The Bertz CT molecular complexity index is 1110. The molecule has 2 N–H and O–H groups in total. The summed E-state index contributed by atoms with van der Waals surface area (Å²) in [6.45, 7) is 1.32. The highest BCUT2D eigenvalue weighted by Crippen LogP contribution is 2.27. The molecule has 3 aromatic rings. The van der Waals surface area contributed by atoms with Crippen LogP contribution < -0.4 is 19.5 Å². The van der Waals surface area contributed by atoms with Crippen molar-refractivity contribution >= 4 is 5.57 Å². The first-order chi connectivity index (χ1) is 16.6. The first-order valence-electron chi connectivity index (χ1n) is 11.1. The second-order valence-corrected chi connectivity index (χ2v) is 7.69. The molecule has 0 saturated heterocycles. The molecule has 6 heteroatoms. The quantitative estimate of drug-likeness (QED) is 0.312. The van der Waals surface area contributed by atoms with Crippen LogP contribution in [0.2, 0.25) is 0 Å². The molecule has 0 bridgehead atoms. The Kier molecular flexibility index (Phi) is 9.53. The number of aliphatic hydroxyl groups is 1. The van der Waals surface area contributed by atoms with Crippen LogP contribution >= 0.6 is 0 Å². The lowest BCUT2D eigenvalue weighted by Gasteiger charge is -2.14. The van der Waals surface area contributed by atoms with Crippen LogP contribution in [0.4, 0.5) is 0 Å². The molecular formula is C28H30N2O4. The van der Waals surface area contributed by atoms with Crippen molar-refractivity contribution in [2.24, 2.45) is 0 Å². The van der Waals surface area contributed by atoms with Gasteiger partial charge in [-0.3, -0.25) is 0 Å². The van der Waals surface area contributed by atoms with Gasteiger partial charge in [-0.1, -0.05) is 48.5 Å². The summed E-state index contributed by atoms with van der Waals surface area (Å²) in [5.41, 5.74) is 3.88. The number of hydrogen-bond acceptors (Lipinski definition) is 6. The molecule has 34 heavy (non-hydrogen) atoms. The molecule has 0 aliphatic heterocycles. The van der Waals surface area contributed by atoms with E-state index in [1.165, 1.54) is 0 Å². The largest absolute Gasteiger partial charge is 0.493 e. The van der Waals surface area contributed by atoms with Crippen LogP contribution in [0.15, 0.2) is 78.9 Å². The average molecular weight is 459 g/mol. The summed E-state index contributed by atoms with van der Waals surface area (Å²) in [6, 6.07) is 25.3. The molecule has 0 aromatic heterocycles. The minimum Gasteiger partial charge on any atom is -0.493 e. The third kappa shape index (κ3) is 7.11. The number of aliphatic hydroxyl groups excluding tert-OH is 1. The smallest absolute Gasteiger partial charge is 0.160 e. The number of allylic oxidation sites excluding steroid dienone is 1. The predicted octanol–water partition coefficient (Wildman–Crippen LogP) is 4.23. The monoisotopic (exact) mass is 458 g/mol. The fourth-order valence-corrected chi connectivity index (χ4v) is 3.54. The van der Waals surface area contributed by atoms with Crippen LogP contribution in [-0.2, 0) is 6.42 Å². The van der Waals surface area contributed by atoms with Crippen LogP contribution in [0.1, 0.15) is 16.7 Å². The lowest BCUT2D eigenvalue weighted by molar-refractivity contribution is 0.106. The van der Waals surface area contributed by atoms with Gasteiger partial charge in [0, 0.05) is 12.6 Å². The Balaban J connectivity index is 1.44. The van der Waals surface area contributed by atoms with Gasteiger partial charge in [0.25, 0.3) is 0 Å². The first-order valence-corrected chi connectivity index (χ1v) is 11.1. The number of methoxy groups -OCH3 is 2. The second-order valence-electron chi connectivity index (χ2n) is 7.69. The van der Waals surface area contributed by atoms with Gasteiger partial charge < -0.3 is 24.6 Å². The Morgan fingerprint density at radius 1 is 0.971 bits per heavy atom. The molecule has 0 saturated carbocycles. The van der Waals surface area contributed by atoms with Crippen LogP contribution in [0.5, 0.6) is 17.2 Å². The number of ether oxygens (including phenoxy) is 3. The van der Waals surface area contributed by atoms with Crippen molar-refractivity contribution < 1.29 is 19.3 Å². The van der Waals surface area contributed by atoms with E-state index in [0.29, 0.717) is 30.3 Å². The Morgan fingerprint density at radius 3 is 2.35 bits per heavy atom. The fourth-order valence-electron chi connectivity index (χ4n) is 3.54. The van der Waals surface area contributed by atoms with Crippen LogP contribution in [0.25, 0.3) is 5.57 Å². The summed E-state index contributed by atoms with van der Waals surface area (Å²) in [4.78, 5) is 0. The van der Waals surface area contributed by atoms with Crippen molar-refractivity contribution in [2.75, 3.05) is 33.9 Å². The topological polar surface area (TPSA) is 83.7 Å². The zero-order valence-electron chi connectivity index (χ0n) is 19.5. The number of nitrogens with zero attached hydrogens (tertiary/aromatic N) is 1. The van der Waals surface area contributed by atoms with Gasteiger partial charge in [-0.05, 0) is 59.5 Å². The molecule has 1 unspecified atom stereocenters.